The van der Waals surface area contributed by atoms with Crippen molar-refractivity contribution in [1.29, 1.82) is 0 Å². The Morgan fingerprint density at radius 1 is 1.18 bits per heavy atom. The molecule has 1 fully saturated rings. The van der Waals surface area contributed by atoms with E-state index < -0.39 is 28.4 Å². The van der Waals surface area contributed by atoms with Gasteiger partial charge in [-0.2, -0.15) is 13.2 Å². The SMILES string of the molecule is O=S(c1cc(F)cc(C(F)(F)F)c1)C1CCC1. The maximum atomic E-state index is 13.1. The average molecular weight is 266 g/mol. The maximum Gasteiger partial charge on any atom is 0.416 e. The summed E-state index contributed by atoms with van der Waals surface area (Å²) in [4.78, 5) is -0.0676. The number of hydrogen-bond donors (Lipinski definition) is 0. The third-order valence-corrected chi connectivity index (χ3v) is 4.56. The normalized spacial score (nSPS) is 18.8. The molecule has 0 aromatic heterocycles. The highest BCUT2D eigenvalue weighted by atomic mass is 32.2. The van der Waals surface area contributed by atoms with Gasteiger partial charge >= 0.3 is 6.18 Å². The summed E-state index contributed by atoms with van der Waals surface area (Å²) in [6.07, 6.45) is -2.23. The molecule has 1 aliphatic carbocycles. The fraction of sp³-hybridized carbons (Fsp3) is 0.455. The van der Waals surface area contributed by atoms with Crippen LogP contribution in [0.25, 0.3) is 0 Å². The van der Waals surface area contributed by atoms with Gasteiger partial charge in [0.1, 0.15) is 5.82 Å². The molecule has 0 aliphatic heterocycles. The monoisotopic (exact) mass is 266 g/mol. The summed E-state index contributed by atoms with van der Waals surface area (Å²) in [6, 6.07) is 2.11. The van der Waals surface area contributed by atoms with Gasteiger partial charge in [-0.1, -0.05) is 6.42 Å². The van der Waals surface area contributed by atoms with Gasteiger partial charge in [-0.05, 0) is 31.0 Å². The second kappa shape index (κ2) is 4.40. The van der Waals surface area contributed by atoms with Crippen molar-refractivity contribution in [2.75, 3.05) is 0 Å². The number of alkyl halides is 3. The van der Waals surface area contributed by atoms with Gasteiger partial charge < -0.3 is 0 Å². The minimum atomic E-state index is -4.61. The van der Waals surface area contributed by atoms with Crippen LogP contribution < -0.4 is 0 Å². The first kappa shape index (κ1) is 12.5. The van der Waals surface area contributed by atoms with Gasteiger partial charge in [0.25, 0.3) is 0 Å². The van der Waals surface area contributed by atoms with Gasteiger partial charge in [0, 0.05) is 10.1 Å². The maximum absolute atomic E-state index is 13.1. The van der Waals surface area contributed by atoms with Crippen molar-refractivity contribution in [2.24, 2.45) is 0 Å². The van der Waals surface area contributed by atoms with Gasteiger partial charge in [0.2, 0.25) is 0 Å². The highest BCUT2D eigenvalue weighted by molar-refractivity contribution is 7.85. The number of halogens is 4. The lowest BCUT2D eigenvalue weighted by atomic mass is 10.00. The largest absolute Gasteiger partial charge is 0.416 e. The summed E-state index contributed by atoms with van der Waals surface area (Å²) in [5.74, 6) is -0.998. The molecule has 1 aliphatic rings. The summed E-state index contributed by atoms with van der Waals surface area (Å²) >= 11 is 0. The van der Waals surface area contributed by atoms with Gasteiger partial charge in [0.05, 0.1) is 16.4 Å². The third-order valence-electron chi connectivity index (χ3n) is 2.79. The van der Waals surface area contributed by atoms with E-state index in [1.807, 2.05) is 0 Å². The highest BCUT2D eigenvalue weighted by Gasteiger charge is 2.33. The fourth-order valence-corrected chi connectivity index (χ4v) is 3.24. The Labute approximate surface area is 98.3 Å². The molecule has 1 aromatic carbocycles. The highest BCUT2D eigenvalue weighted by Crippen LogP contribution is 2.33. The molecule has 0 amide bonds. The molecule has 1 atom stereocenters. The van der Waals surface area contributed by atoms with Crippen LogP contribution in [-0.4, -0.2) is 9.46 Å². The molecule has 17 heavy (non-hydrogen) atoms. The minimum absolute atomic E-state index is 0.0676. The van der Waals surface area contributed by atoms with Crippen LogP contribution in [0.1, 0.15) is 24.8 Å². The van der Waals surface area contributed by atoms with E-state index >= 15 is 0 Å². The summed E-state index contributed by atoms with van der Waals surface area (Å²) in [5, 5.41) is -0.127. The Balaban J connectivity index is 2.34. The van der Waals surface area contributed by atoms with Crippen LogP contribution in [0.15, 0.2) is 23.1 Å². The second-order valence-corrected chi connectivity index (χ2v) is 5.76. The molecular weight excluding hydrogens is 256 g/mol. The van der Waals surface area contributed by atoms with Gasteiger partial charge in [-0.3, -0.25) is 4.21 Å². The van der Waals surface area contributed by atoms with Crippen molar-refractivity contribution < 1.29 is 21.8 Å². The second-order valence-electron chi connectivity index (χ2n) is 4.02. The number of rotatable bonds is 2. The molecule has 6 heteroatoms. The molecule has 0 spiro atoms. The number of hydrogen-bond acceptors (Lipinski definition) is 1. The Hall–Kier alpha value is -0.910. The molecule has 2 rings (SSSR count). The molecule has 0 N–H and O–H groups in total. The first-order valence-corrected chi connectivity index (χ1v) is 6.37. The molecule has 94 valence electrons. The topological polar surface area (TPSA) is 17.1 Å². The molecule has 1 nitrogen and oxygen atoms in total. The predicted molar refractivity (Wildman–Crippen MR) is 55.4 cm³/mol. The van der Waals surface area contributed by atoms with Crippen LogP contribution in [-0.2, 0) is 17.0 Å². The lowest BCUT2D eigenvalue weighted by molar-refractivity contribution is -0.137. The number of benzene rings is 1. The molecule has 1 saturated carbocycles. The fourth-order valence-electron chi connectivity index (χ4n) is 1.62. The first-order valence-electron chi connectivity index (χ1n) is 5.16. The summed E-state index contributed by atoms with van der Waals surface area (Å²) in [6.45, 7) is 0. The van der Waals surface area contributed by atoms with Crippen molar-refractivity contribution >= 4 is 10.8 Å². The lowest BCUT2D eigenvalue weighted by Gasteiger charge is -2.24. The lowest BCUT2D eigenvalue weighted by Crippen LogP contribution is -2.23. The van der Waals surface area contributed by atoms with E-state index in [0.29, 0.717) is 6.07 Å². The molecule has 0 radical (unpaired) electrons. The van der Waals surface area contributed by atoms with E-state index in [-0.39, 0.29) is 10.1 Å². The van der Waals surface area contributed by atoms with E-state index in [0.717, 1.165) is 31.4 Å². The van der Waals surface area contributed by atoms with E-state index in [9.17, 15) is 21.8 Å². The Morgan fingerprint density at radius 3 is 2.29 bits per heavy atom. The van der Waals surface area contributed by atoms with Crippen LogP contribution in [0, 0.1) is 5.82 Å². The van der Waals surface area contributed by atoms with Gasteiger partial charge in [0.15, 0.2) is 0 Å². The smallest absolute Gasteiger partial charge is 0.254 e. The molecule has 0 saturated heterocycles. The quantitative estimate of drug-likeness (QED) is 0.749. The van der Waals surface area contributed by atoms with Crippen LogP contribution >= 0.6 is 0 Å². The first-order chi connectivity index (χ1) is 7.88. The zero-order valence-corrected chi connectivity index (χ0v) is 9.58. The van der Waals surface area contributed by atoms with E-state index in [1.165, 1.54) is 0 Å². The zero-order valence-electron chi connectivity index (χ0n) is 8.76. The molecule has 0 heterocycles. The molecular formula is C11H10F4OS. The predicted octanol–water partition coefficient (Wildman–Crippen LogP) is 3.50. The van der Waals surface area contributed by atoms with Crippen molar-refractivity contribution in [3.8, 4) is 0 Å². The van der Waals surface area contributed by atoms with Gasteiger partial charge in [-0.25, -0.2) is 4.39 Å². The van der Waals surface area contributed by atoms with Crippen molar-refractivity contribution in [3.05, 3.63) is 29.6 Å². The van der Waals surface area contributed by atoms with Crippen molar-refractivity contribution in [1.82, 2.24) is 0 Å². The Bertz CT molecular complexity index is 451. The van der Waals surface area contributed by atoms with E-state index in [4.69, 9.17) is 0 Å². The van der Waals surface area contributed by atoms with Gasteiger partial charge in [-0.15, -0.1) is 0 Å². The third kappa shape index (κ3) is 2.68. The molecule has 1 unspecified atom stereocenters. The van der Waals surface area contributed by atoms with Crippen molar-refractivity contribution in [2.45, 2.75) is 35.6 Å². The standard InChI is InChI=1S/C11H10F4OS/c12-8-4-7(11(13,14)15)5-10(6-8)17(16)9-2-1-3-9/h4-6,9H,1-3H2. The summed E-state index contributed by atoms with van der Waals surface area (Å²) in [5.41, 5.74) is -1.08. The van der Waals surface area contributed by atoms with Crippen LogP contribution in [0.3, 0.4) is 0 Å². The van der Waals surface area contributed by atoms with Crippen LogP contribution in [0.5, 0.6) is 0 Å². The van der Waals surface area contributed by atoms with E-state index in [1.54, 1.807) is 0 Å². The summed E-state index contributed by atoms with van der Waals surface area (Å²) < 4.78 is 62.2. The molecule has 0 bridgehead atoms. The van der Waals surface area contributed by atoms with Crippen LogP contribution in [0.4, 0.5) is 17.6 Å². The minimum Gasteiger partial charge on any atom is -0.254 e. The summed E-state index contributed by atoms with van der Waals surface area (Å²) in [7, 11) is -1.54. The average Bonchev–Trinajstić information content (AvgIpc) is 2.12. The molecule has 1 aromatic rings. The Kier molecular flexibility index (Phi) is 3.25. The van der Waals surface area contributed by atoms with Crippen LogP contribution in [0.2, 0.25) is 0 Å². The van der Waals surface area contributed by atoms with E-state index in [2.05, 4.69) is 0 Å². The Morgan fingerprint density at radius 2 is 1.82 bits per heavy atom. The zero-order chi connectivity index (χ0) is 12.6. The van der Waals surface area contributed by atoms with Crippen molar-refractivity contribution in [3.63, 3.8) is 0 Å².